The minimum atomic E-state index is 0. The second-order valence-corrected chi connectivity index (χ2v) is 5.10. The van der Waals surface area contributed by atoms with E-state index in [9.17, 15) is 0 Å². The second kappa shape index (κ2) is 8.06. The molecule has 1 aliphatic rings. The van der Waals surface area contributed by atoms with Crippen molar-refractivity contribution in [2.45, 2.75) is 26.4 Å². The van der Waals surface area contributed by atoms with Crippen molar-refractivity contribution in [3.05, 3.63) is 45.9 Å². The van der Waals surface area contributed by atoms with Crippen LogP contribution in [0.25, 0.3) is 5.57 Å². The summed E-state index contributed by atoms with van der Waals surface area (Å²) in [6.45, 7) is 4.12. The van der Waals surface area contributed by atoms with Gasteiger partial charge < -0.3 is 24.8 Å². The minimum absolute atomic E-state index is 0. The van der Waals surface area contributed by atoms with Crippen molar-refractivity contribution in [2.75, 3.05) is 0 Å². The first kappa shape index (κ1) is 17.8. The van der Waals surface area contributed by atoms with Gasteiger partial charge in [0.25, 0.3) is 0 Å². The van der Waals surface area contributed by atoms with Crippen LogP contribution in [0.4, 0.5) is 0 Å². The Kier molecular flexibility index (Phi) is 7.97. The van der Waals surface area contributed by atoms with Gasteiger partial charge in [-0.1, -0.05) is 0 Å². The molecule has 2 rings (SSSR count). The maximum atomic E-state index is 5.84. The molecule has 0 bridgehead atoms. The van der Waals surface area contributed by atoms with Crippen molar-refractivity contribution in [1.82, 2.24) is 0 Å². The van der Waals surface area contributed by atoms with E-state index < -0.39 is 0 Å². The predicted octanol–water partition coefficient (Wildman–Crippen LogP) is -2.30. The molecule has 0 N–H and O–H groups in total. The molecule has 18 heavy (non-hydrogen) atoms. The smallest absolute Gasteiger partial charge is 1.00 e. The molecule has 1 nitrogen and oxygen atoms in total. The second-order valence-electron chi connectivity index (χ2n) is 4.16. The summed E-state index contributed by atoms with van der Waals surface area (Å²) >= 11 is 2.18. The quantitative estimate of drug-likeness (QED) is 0.570. The summed E-state index contributed by atoms with van der Waals surface area (Å²) in [5.74, 6) is 0.985. The summed E-state index contributed by atoms with van der Waals surface area (Å²) in [7, 11) is 0. The number of halogens is 2. The maximum absolute atomic E-state index is 5.84. The third-order valence-corrected chi connectivity index (χ3v) is 3.21. The Morgan fingerprint density at radius 1 is 1.17 bits per heavy atom. The third-order valence-electron chi connectivity index (χ3n) is 2.47. The van der Waals surface area contributed by atoms with Crippen molar-refractivity contribution >= 4 is 5.57 Å². The van der Waals surface area contributed by atoms with Gasteiger partial charge in [-0.05, 0) is 0 Å². The van der Waals surface area contributed by atoms with Gasteiger partial charge in [0, 0.05) is 0 Å². The van der Waals surface area contributed by atoms with Crippen LogP contribution in [-0.4, -0.2) is 6.10 Å². The predicted molar refractivity (Wildman–Crippen MR) is 62.9 cm³/mol. The SMILES string of the molecule is CC(C)Oc1ccccc1C1=[C]([Ti+2])CC=C1.[Cl-].[Cl-]. The van der Waals surface area contributed by atoms with Crippen LogP contribution in [0.3, 0.4) is 0 Å². The third kappa shape index (κ3) is 4.17. The molecule has 95 valence electrons. The normalized spacial score (nSPS) is 13.4. The summed E-state index contributed by atoms with van der Waals surface area (Å²) in [4.78, 5) is 0. The standard InChI is InChI=1S/C14H15O.2ClH.Ti/c1-11(2)15-14-10-6-5-9-13(14)12-7-3-4-8-12;;;/h3,5-7,9-11H,4H2,1-2H3;2*1H;/q;;;+2/p-2. The van der Waals surface area contributed by atoms with Gasteiger partial charge in [-0.25, -0.2) is 0 Å². The molecule has 0 amide bonds. The van der Waals surface area contributed by atoms with Crippen LogP contribution in [-0.2, 0) is 20.4 Å². The van der Waals surface area contributed by atoms with E-state index in [1.165, 1.54) is 15.0 Å². The van der Waals surface area contributed by atoms with Crippen LogP contribution in [0, 0.1) is 0 Å². The molecule has 0 aromatic heterocycles. The largest absolute Gasteiger partial charge is 1.00 e. The van der Waals surface area contributed by atoms with Crippen LogP contribution in [0.5, 0.6) is 5.75 Å². The molecule has 4 heteroatoms. The summed E-state index contributed by atoms with van der Waals surface area (Å²) in [5, 5.41) is 0. The zero-order chi connectivity index (χ0) is 11.5. The number of allylic oxidation sites excluding steroid dienone is 4. The molecule has 0 unspecified atom stereocenters. The van der Waals surface area contributed by atoms with Crippen LogP contribution in [0.15, 0.2) is 40.3 Å². The van der Waals surface area contributed by atoms with Gasteiger partial charge in [0.2, 0.25) is 0 Å². The zero-order valence-corrected chi connectivity index (χ0v) is 13.5. The van der Waals surface area contributed by atoms with Crippen molar-refractivity contribution in [2.24, 2.45) is 0 Å². The first-order chi connectivity index (χ1) is 7.68. The van der Waals surface area contributed by atoms with E-state index in [0.29, 0.717) is 0 Å². The summed E-state index contributed by atoms with van der Waals surface area (Å²) in [5.41, 5.74) is 2.53. The Hall–Kier alpha value is -0.206. The number of para-hydroxylation sites is 1. The van der Waals surface area contributed by atoms with Gasteiger partial charge in [0.05, 0.1) is 0 Å². The van der Waals surface area contributed by atoms with Gasteiger partial charge in [0.15, 0.2) is 0 Å². The molecular weight excluding hydrogens is 303 g/mol. The Bertz CT molecular complexity index is 453. The van der Waals surface area contributed by atoms with Crippen molar-refractivity contribution in [3.63, 3.8) is 0 Å². The molecule has 0 saturated heterocycles. The molecule has 1 aliphatic carbocycles. The van der Waals surface area contributed by atoms with Gasteiger partial charge in [-0.3, -0.25) is 0 Å². The average molecular weight is 318 g/mol. The first-order valence-electron chi connectivity index (χ1n) is 5.56. The fourth-order valence-electron chi connectivity index (χ4n) is 1.80. The van der Waals surface area contributed by atoms with E-state index in [1.807, 2.05) is 12.1 Å². The molecule has 0 spiro atoms. The van der Waals surface area contributed by atoms with Crippen LogP contribution in [0.1, 0.15) is 25.8 Å². The molecule has 0 atom stereocenters. The van der Waals surface area contributed by atoms with Gasteiger partial charge >= 0.3 is 109 Å². The van der Waals surface area contributed by atoms with Crippen LogP contribution >= 0.6 is 0 Å². The minimum Gasteiger partial charge on any atom is -1.00 e. The van der Waals surface area contributed by atoms with E-state index in [2.05, 4.69) is 58.6 Å². The van der Waals surface area contributed by atoms with Crippen LogP contribution < -0.4 is 29.6 Å². The van der Waals surface area contributed by atoms with Crippen molar-refractivity contribution in [3.8, 4) is 5.75 Å². The molecule has 0 radical (unpaired) electrons. The average Bonchev–Trinajstić information content (AvgIpc) is 2.64. The summed E-state index contributed by atoms with van der Waals surface area (Å²) < 4.78 is 7.25. The monoisotopic (exact) mass is 317 g/mol. The van der Waals surface area contributed by atoms with E-state index in [-0.39, 0.29) is 30.9 Å². The number of benzene rings is 1. The van der Waals surface area contributed by atoms with E-state index >= 15 is 0 Å². The maximum Gasteiger partial charge on any atom is -1.00 e. The van der Waals surface area contributed by atoms with Crippen molar-refractivity contribution in [1.29, 1.82) is 0 Å². The Morgan fingerprint density at radius 2 is 1.83 bits per heavy atom. The van der Waals surface area contributed by atoms with E-state index in [1.54, 1.807) is 0 Å². The fraction of sp³-hybridized carbons (Fsp3) is 0.286. The number of hydrogen-bond donors (Lipinski definition) is 0. The fourth-order valence-corrected chi connectivity index (χ4v) is 2.33. The summed E-state index contributed by atoms with van der Waals surface area (Å²) in [6, 6.07) is 8.26. The molecule has 0 fully saturated rings. The molecule has 0 saturated carbocycles. The number of hydrogen-bond acceptors (Lipinski definition) is 1. The number of ether oxygens (including phenoxy) is 1. The van der Waals surface area contributed by atoms with E-state index in [0.717, 1.165) is 12.2 Å². The number of rotatable bonds is 3. The Balaban J connectivity index is 0.00000144. The van der Waals surface area contributed by atoms with Gasteiger partial charge in [-0.2, -0.15) is 0 Å². The molecule has 1 aromatic carbocycles. The van der Waals surface area contributed by atoms with Crippen LogP contribution in [0.2, 0.25) is 0 Å². The van der Waals surface area contributed by atoms with Gasteiger partial charge in [0.1, 0.15) is 0 Å². The Morgan fingerprint density at radius 3 is 2.39 bits per heavy atom. The molecular formula is C14H15Cl2OTi. The van der Waals surface area contributed by atoms with Crippen molar-refractivity contribution < 1.29 is 50.0 Å². The van der Waals surface area contributed by atoms with E-state index in [4.69, 9.17) is 4.74 Å². The zero-order valence-electron chi connectivity index (χ0n) is 10.4. The van der Waals surface area contributed by atoms with Gasteiger partial charge in [-0.15, -0.1) is 0 Å². The molecule has 0 heterocycles. The summed E-state index contributed by atoms with van der Waals surface area (Å²) in [6.07, 6.45) is 5.67. The molecule has 1 aromatic rings. The Labute approximate surface area is 133 Å². The molecule has 0 aliphatic heterocycles. The topological polar surface area (TPSA) is 9.23 Å². The first-order valence-corrected chi connectivity index (χ1v) is 6.34.